The molecule has 33 heavy (non-hydrogen) atoms. The second-order valence-electron chi connectivity index (χ2n) is 9.56. The average molecular weight is 444 g/mol. The van der Waals surface area contributed by atoms with Gasteiger partial charge >= 0.3 is 6.09 Å². The van der Waals surface area contributed by atoms with E-state index in [2.05, 4.69) is 40.2 Å². The lowest BCUT2D eigenvalue weighted by Crippen LogP contribution is -2.47. The fourth-order valence-electron chi connectivity index (χ4n) is 4.53. The second kappa shape index (κ2) is 8.43. The number of hydrogen-bond acceptors (Lipinski definition) is 5. The Balaban J connectivity index is 1.42. The third-order valence-corrected chi connectivity index (χ3v) is 6.04. The molecular formula is C27H29N3O3. The average Bonchev–Trinajstić information content (AvgIpc) is 2.82. The number of anilines is 2. The van der Waals surface area contributed by atoms with Crippen molar-refractivity contribution >= 4 is 17.5 Å². The van der Waals surface area contributed by atoms with Crippen molar-refractivity contribution in [1.82, 2.24) is 9.88 Å². The molecule has 6 heteroatoms. The van der Waals surface area contributed by atoms with Gasteiger partial charge in [0.15, 0.2) is 11.5 Å². The van der Waals surface area contributed by atoms with Gasteiger partial charge in [0.2, 0.25) is 0 Å². The van der Waals surface area contributed by atoms with Gasteiger partial charge in [0.05, 0.1) is 11.4 Å². The van der Waals surface area contributed by atoms with Crippen LogP contribution in [0.25, 0.3) is 11.1 Å². The van der Waals surface area contributed by atoms with Crippen LogP contribution in [-0.2, 0) is 4.74 Å². The molecule has 0 saturated carbocycles. The molecule has 2 aliphatic rings. The van der Waals surface area contributed by atoms with Gasteiger partial charge in [-0.2, -0.15) is 0 Å². The van der Waals surface area contributed by atoms with Crippen LogP contribution >= 0.6 is 0 Å². The second-order valence-corrected chi connectivity index (χ2v) is 9.56. The van der Waals surface area contributed by atoms with Crippen molar-refractivity contribution in [2.75, 3.05) is 18.0 Å². The molecule has 0 bridgehead atoms. The fourth-order valence-corrected chi connectivity index (χ4v) is 4.53. The van der Waals surface area contributed by atoms with Crippen LogP contribution in [0.5, 0.6) is 11.5 Å². The topological polar surface area (TPSA) is 54.9 Å². The van der Waals surface area contributed by atoms with E-state index in [4.69, 9.17) is 9.47 Å². The number of pyridine rings is 1. The molecular weight excluding hydrogens is 414 g/mol. The Morgan fingerprint density at radius 1 is 0.970 bits per heavy atom. The normalized spacial score (nSPS) is 16.0. The van der Waals surface area contributed by atoms with Crippen molar-refractivity contribution in [2.45, 2.75) is 45.3 Å². The Hall–Kier alpha value is -3.54. The molecule has 170 valence electrons. The minimum Gasteiger partial charge on any atom is -0.453 e. The first-order chi connectivity index (χ1) is 15.9. The summed E-state index contributed by atoms with van der Waals surface area (Å²) in [5.41, 5.74) is 3.76. The number of rotatable bonds is 2. The first kappa shape index (κ1) is 21.3. The molecule has 1 amide bonds. The number of amides is 1. The third-order valence-electron chi connectivity index (χ3n) is 6.04. The van der Waals surface area contributed by atoms with E-state index >= 15 is 0 Å². The highest BCUT2D eigenvalue weighted by Crippen LogP contribution is 2.49. The summed E-state index contributed by atoms with van der Waals surface area (Å²) in [4.78, 5) is 21.0. The van der Waals surface area contributed by atoms with Crippen LogP contribution in [0, 0.1) is 0 Å². The van der Waals surface area contributed by atoms with Gasteiger partial charge in [-0.05, 0) is 69.5 Å². The monoisotopic (exact) mass is 443 g/mol. The lowest BCUT2D eigenvalue weighted by molar-refractivity contribution is 0.0206. The zero-order valence-electron chi connectivity index (χ0n) is 19.3. The summed E-state index contributed by atoms with van der Waals surface area (Å²) in [6.45, 7) is 7.04. The quantitative estimate of drug-likeness (QED) is 0.459. The molecule has 1 saturated heterocycles. The number of ether oxygens (including phenoxy) is 2. The summed E-state index contributed by atoms with van der Waals surface area (Å²) in [6, 6.07) is 18.8. The number of carbonyl (C=O) groups is 1. The maximum atomic E-state index is 12.5. The Labute approximate surface area is 194 Å². The summed E-state index contributed by atoms with van der Waals surface area (Å²) in [5.74, 6) is 1.69. The van der Waals surface area contributed by atoms with E-state index in [1.165, 1.54) is 0 Å². The van der Waals surface area contributed by atoms with Gasteiger partial charge in [-0.3, -0.25) is 4.98 Å². The zero-order valence-corrected chi connectivity index (χ0v) is 19.3. The number of hydrogen-bond donors (Lipinski definition) is 0. The van der Waals surface area contributed by atoms with Gasteiger partial charge in [0.25, 0.3) is 0 Å². The SMILES string of the molecule is CC(C)(C)OC(=O)N1CCC(N2c3ccccc3Oc3cc(-c4cccnc4)ccc32)CC1. The number of para-hydroxylation sites is 2. The van der Waals surface area contributed by atoms with Crippen molar-refractivity contribution in [3.63, 3.8) is 0 Å². The van der Waals surface area contributed by atoms with E-state index in [9.17, 15) is 4.79 Å². The smallest absolute Gasteiger partial charge is 0.410 e. The maximum Gasteiger partial charge on any atom is 0.410 e. The van der Waals surface area contributed by atoms with Crippen LogP contribution < -0.4 is 9.64 Å². The van der Waals surface area contributed by atoms with Crippen molar-refractivity contribution < 1.29 is 14.3 Å². The number of piperidine rings is 1. The van der Waals surface area contributed by atoms with Crippen molar-refractivity contribution in [3.8, 4) is 22.6 Å². The summed E-state index contributed by atoms with van der Waals surface area (Å²) in [6.07, 6.45) is 5.13. The van der Waals surface area contributed by atoms with E-state index in [0.29, 0.717) is 13.1 Å². The van der Waals surface area contributed by atoms with Crippen LogP contribution in [-0.4, -0.2) is 40.7 Å². The van der Waals surface area contributed by atoms with Crippen molar-refractivity contribution in [3.05, 3.63) is 67.0 Å². The number of nitrogens with zero attached hydrogens (tertiary/aromatic N) is 3. The first-order valence-electron chi connectivity index (χ1n) is 11.5. The highest BCUT2D eigenvalue weighted by molar-refractivity contribution is 5.81. The van der Waals surface area contributed by atoms with Gasteiger partial charge in [-0.25, -0.2) is 4.79 Å². The van der Waals surface area contributed by atoms with E-state index in [0.717, 1.165) is 46.8 Å². The summed E-state index contributed by atoms with van der Waals surface area (Å²) >= 11 is 0. The number of likely N-dealkylation sites (tertiary alicyclic amines) is 1. The predicted molar refractivity (Wildman–Crippen MR) is 129 cm³/mol. The minimum absolute atomic E-state index is 0.232. The van der Waals surface area contributed by atoms with E-state index in [1.807, 2.05) is 56.1 Å². The first-order valence-corrected chi connectivity index (χ1v) is 11.5. The van der Waals surface area contributed by atoms with Crippen LogP contribution in [0.2, 0.25) is 0 Å². The Morgan fingerprint density at radius 3 is 2.45 bits per heavy atom. The molecule has 0 N–H and O–H groups in total. The highest BCUT2D eigenvalue weighted by atomic mass is 16.6. The zero-order chi connectivity index (χ0) is 23.0. The minimum atomic E-state index is -0.484. The van der Waals surface area contributed by atoms with E-state index < -0.39 is 5.60 Å². The largest absolute Gasteiger partial charge is 0.453 e. The van der Waals surface area contributed by atoms with Crippen LogP contribution in [0.15, 0.2) is 67.0 Å². The number of carbonyl (C=O) groups excluding carboxylic acids is 1. The maximum absolute atomic E-state index is 12.5. The van der Waals surface area contributed by atoms with Crippen LogP contribution in [0.4, 0.5) is 16.2 Å². The molecule has 1 aromatic heterocycles. The molecule has 2 aromatic carbocycles. The van der Waals surface area contributed by atoms with Crippen molar-refractivity contribution in [2.24, 2.45) is 0 Å². The van der Waals surface area contributed by atoms with E-state index in [1.54, 1.807) is 6.20 Å². The van der Waals surface area contributed by atoms with E-state index in [-0.39, 0.29) is 12.1 Å². The van der Waals surface area contributed by atoms with Gasteiger partial charge in [-0.15, -0.1) is 0 Å². The molecule has 6 nitrogen and oxygen atoms in total. The van der Waals surface area contributed by atoms with Gasteiger partial charge in [0.1, 0.15) is 5.60 Å². The van der Waals surface area contributed by atoms with Gasteiger partial charge in [-0.1, -0.05) is 24.3 Å². The van der Waals surface area contributed by atoms with Gasteiger partial charge in [0, 0.05) is 37.1 Å². The molecule has 0 aliphatic carbocycles. The lowest BCUT2D eigenvalue weighted by Gasteiger charge is -2.42. The highest BCUT2D eigenvalue weighted by Gasteiger charge is 2.34. The molecule has 3 heterocycles. The molecule has 0 radical (unpaired) electrons. The summed E-state index contributed by atoms with van der Waals surface area (Å²) < 4.78 is 11.9. The molecule has 0 atom stereocenters. The lowest BCUT2D eigenvalue weighted by atomic mass is 9.99. The molecule has 3 aromatic rings. The molecule has 1 fully saturated rings. The molecule has 5 rings (SSSR count). The third kappa shape index (κ3) is 4.38. The Bertz CT molecular complexity index is 1150. The Kier molecular flexibility index (Phi) is 5.44. The fraction of sp³-hybridized carbons (Fsp3) is 0.333. The van der Waals surface area contributed by atoms with Gasteiger partial charge < -0.3 is 19.3 Å². The number of aromatic nitrogens is 1. The molecule has 0 spiro atoms. The molecule has 2 aliphatic heterocycles. The Morgan fingerprint density at radius 2 is 1.73 bits per heavy atom. The predicted octanol–water partition coefficient (Wildman–Crippen LogP) is 6.39. The molecule has 0 unspecified atom stereocenters. The summed E-state index contributed by atoms with van der Waals surface area (Å²) in [5, 5.41) is 0. The van der Waals surface area contributed by atoms with Crippen LogP contribution in [0.3, 0.4) is 0 Å². The van der Waals surface area contributed by atoms with Crippen molar-refractivity contribution in [1.29, 1.82) is 0 Å². The standard InChI is InChI=1S/C27H29N3O3/c1-27(2,3)33-26(31)29-15-12-21(13-16-29)30-22-8-4-5-9-24(22)32-25-17-19(10-11-23(25)30)20-7-6-14-28-18-20/h4-11,14,17-18,21H,12-13,15-16H2,1-3H3. The number of fused-ring (bicyclic) bond motifs is 2. The number of benzene rings is 2. The summed E-state index contributed by atoms with van der Waals surface area (Å²) in [7, 11) is 0. The van der Waals surface area contributed by atoms with Crippen LogP contribution in [0.1, 0.15) is 33.6 Å².